The highest BCUT2D eigenvalue weighted by Gasteiger charge is 2.15. The number of benzene rings is 2. The van der Waals surface area contributed by atoms with Crippen molar-refractivity contribution in [1.29, 1.82) is 0 Å². The van der Waals surface area contributed by atoms with E-state index in [1.54, 1.807) is 16.9 Å². The molecule has 31 heavy (non-hydrogen) atoms. The highest BCUT2D eigenvalue weighted by Crippen LogP contribution is 2.20. The van der Waals surface area contributed by atoms with E-state index < -0.39 is 0 Å². The van der Waals surface area contributed by atoms with Crippen molar-refractivity contribution >= 4 is 5.91 Å². The van der Waals surface area contributed by atoms with Gasteiger partial charge in [0.05, 0.1) is 6.04 Å². The number of rotatable bonds is 7. The van der Waals surface area contributed by atoms with E-state index >= 15 is 0 Å². The van der Waals surface area contributed by atoms with Crippen LogP contribution in [0.4, 0.5) is 0 Å². The van der Waals surface area contributed by atoms with Crippen LogP contribution < -0.4 is 10.1 Å². The third-order valence-corrected chi connectivity index (χ3v) is 5.18. The summed E-state index contributed by atoms with van der Waals surface area (Å²) in [7, 11) is 0. The van der Waals surface area contributed by atoms with E-state index in [2.05, 4.69) is 22.5 Å². The zero-order valence-corrected chi connectivity index (χ0v) is 17.9. The fourth-order valence-electron chi connectivity index (χ4n) is 3.47. The number of carbonyl (C=O) groups is 1. The molecule has 1 atom stereocenters. The van der Waals surface area contributed by atoms with Crippen molar-refractivity contribution in [2.45, 2.75) is 33.5 Å². The number of nitrogens with zero attached hydrogens (tertiary/aromatic N) is 3. The maximum Gasteiger partial charge on any atom is 0.272 e. The summed E-state index contributed by atoms with van der Waals surface area (Å²) in [5.41, 5.74) is 4.70. The lowest BCUT2D eigenvalue weighted by atomic mass is 10.1. The SMILES string of the molecule is Cc1ccc(OCn2ccc(C(=O)NC(C)c3cccc(-n4cccc4)c3)n2)c(C)c1. The van der Waals surface area contributed by atoms with E-state index in [0.717, 1.165) is 22.6 Å². The Morgan fingerprint density at radius 2 is 1.84 bits per heavy atom. The van der Waals surface area contributed by atoms with Gasteiger partial charge in [0.15, 0.2) is 6.73 Å². The molecule has 6 heteroatoms. The summed E-state index contributed by atoms with van der Waals surface area (Å²) in [5.74, 6) is 0.590. The highest BCUT2D eigenvalue weighted by molar-refractivity contribution is 5.92. The molecule has 1 amide bonds. The largest absolute Gasteiger partial charge is 0.471 e. The van der Waals surface area contributed by atoms with E-state index in [9.17, 15) is 4.79 Å². The van der Waals surface area contributed by atoms with Crippen LogP contribution >= 0.6 is 0 Å². The van der Waals surface area contributed by atoms with Crippen LogP contribution in [0.1, 0.15) is 40.1 Å². The Labute approximate surface area is 182 Å². The van der Waals surface area contributed by atoms with E-state index in [1.807, 2.05) is 80.2 Å². The van der Waals surface area contributed by atoms with Gasteiger partial charge in [0, 0.05) is 24.3 Å². The second-order valence-corrected chi connectivity index (χ2v) is 7.66. The summed E-state index contributed by atoms with van der Waals surface area (Å²) >= 11 is 0. The van der Waals surface area contributed by atoms with Crippen molar-refractivity contribution in [3.63, 3.8) is 0 Å². The molecule has 1 N–H and O–H groups in total. The van der Waals surface area contributed by atoms with Crippen LogP contribution in [0.25, 0.3) is 5.69 Å². The van der Waals surface area contributed by atoms with Crippen molar-refractivity contribution in [1.82, 2.24) is 19.7 Å². The van der Waals surface area contributed by atoms with Gasteiger partial charge in [-0.3, -0.25) is 4.79 Å². The van der Waals surface area contributed by atoms with Crippen LogP contribution in [-0.2, 0) is 6.73 Å². The number of carbonyl (C=O) groups excluding carboxylic acids is 1. The Morgan fingerprint density at radius 3 is 2.61 bits per heavy atom. The first-order valence-corrected chi connectivity index (χ1v) is 10.3. The zero-order valence-electron chi connectivity index (χ0n) is 17.9. The van der Waals surface area contributed by atoms with Crippen LogP contribution in [0.15, 0.2) is 79.3 Å². The summed E-state index contributed by atoms with van der Waals surface area (Å²) in [6, 6.07) is 19.7. The van der Waals surface area contributed by atoms with Crippen LogP contribution in [0.2, 0.25) is 0 Å². The predicted octanol–water partition coefficient (Wildman–Crippen LogP) is 4.82. The second kappa shape index (κ2) is 8.92. The first kappa shape index (κ1) is 20.5. The van der Waals surface area contributed by atoms with E-state index in [0.29, 0.717) is 5.69 Å². The van der Waals surface area contributed by atoms with Crippen molar-refractivity contribution in [3.8, 4) is 11.4 Å². The molecule has 2 aromatic heterocycles. The van der Waals surface area contributed by atoms with Gasteiger partial charge >= 0.3 is 0 Å². The standard InChI is InChI=1S/C25H26N4O2/c1-18-9-10-24(19(2)15-18)31-17-29-14-11-23(27-29)25(30)26-20(3)21-7-6-8-22(16-21)28-12-4-5-13-28/h4-16,20H,17H2,1-3H3,(H,26,30). The maximum absolute atomic E-state index is 12.7. The number of hydrogen-bond acceptors (Lipinski definition) is 3. The maximum atomic E-state index is 12.7. The smallest absolute Gasteiger partial charge is 0.272 e. The Kier molecular flexibility index (Phi) is 5.89. The van der Waals surface area contributed by atoms with Crippen molar-refractivity contribution < 1.29 is 9.53 Å². The Hall–Kier alpha value is -3.80. The number of aromatic nitrogens is 3. The van der Waals surface area contributed by atoms with Gasteiger partial charge in [-0.2, -0.15) is 5.10 Å². The summed E-state index contributed by atoms with van der Waals surface area (Å²) in [5, 5.41) is 7.38. The quantitative estimate of drug-likeness (QED) is 0.472. The molecule has 0 radical (unpaired) electrons. The lowest BCUT2D eigenvalue weighted by Gasteiger charge is -2.15. The van der Waals surface area contributed by atoms with Crippen molar-refractivity contribution in [3.05, 3.63) is 102 Å². The molecule has 0 saturated heterocycles. The number of amides is 1. The third-order valence-electron chi connectivity index (χ3n) is 5.18. The number of ether oxygens (including phenoxy) is 1. The molecule has 1 unspecified atom stereocenters. The summed E-state index contributed by atoms with van der Waals surface area (Å²) < 4.78 is 9.49. The summed E-state index contributed by atoms with van der Waals surface area (Å²) in [4.78, 5) is 12.7. The molecular formula is C25H26N4O2. The van der Waals surface area contributed by atoms with Gasteiger partial charge in [0.1, 0.15) is 11.4 Å². The van der Waals surface area contributed by atoms with Gasteiger partial charge in [-0.25, -0.2) is 4.68 Å². The Morgan fingerprint density at radius 1 is 1.03 bits per heavy atom. The van der Waals surface area contributed by atoms with Gasteiger partial charge < -0.3 is 14.6 Å². The van der Waals surface area contributed by atoms with Gasteiger partial charge in [-0.05, 0) is 68.3 Å². The molecule has 0 saturated carbocycles. The molecule has 158 valence electrons. The first-order chi connectivity index (χ1) is 15.0. The Balaban J connectivity index is 1.38. The number of hydrogen-bond donors (Lipinski definition) is 1. The van der Waals surface area contributed by atoms with E-state index in [-0.39, 0.29) is 18.7 Å². The second-order valence-electron chi connectivity index (χ2n) is 7.66. The van der Waals surface area contributed by atoms with Crippen LogP contribution in [-0.4, -0.2) is 20.3 Å². The predicted molar refractivity (Wildman–Crippen MR) is 120 cm³/mol. The van der Waals surface area contributed by atoms with Gasteiger partial charge in [0.25, 0.3) is 5.91 Å². The minimum atomic E-state index is -0.218. The molecule has 2 heterocycles. The van der Waals surface area contributed by atoms with Gasteiger partial charge in [-0.15, -0.1) is 0 Å². The molecule has 0 aliphatic heterocycles. The molecular weight excluding hydrogens is 388 g/mol. The third kappa shape index (κ3) is 4.86. The van der Waals surface area contributed by atoms with Crippen LogP contribution in [0.5, 0.6) is 5.75 Å². The van der Waals surface area contributed by atoms with E-state index in [4.69, 9.17) is 4.74 Å². The molecule has 6 nitrogen and oxygen atoms in total. The fourth-order valence-corrected chi connectivity index (χ4v) is 3.47. The topological polar surface area (TPSA) is 61.1 Å². The van der Waals surface area contributed by atoms with Gasteiger partial charge in [-0.1, -0.05) is 29.8 Å². The molecule has 0 bridgehead atoms. The molecule has 2 aromatic carbocycles. The molecule has 0 aliphatic carbocycles. The normalized spacial score (nSPS) is 11.8. The fraction of sp³-hybridized carbons (Fsp3) is 0.200. The average molecular weight is 415 g/mol. The lowest BCUT2D eigenvalue weighted by molar-refractivity contribution is 0.0932. The van der Waals surface area contributed by atoms with Crippen LogP contribution in [0.3, 0.4) is 0 Å². The molecule has 0 aliphatic rings. The lowest BCUT2D eigenvalue weighted by Crippen LogP contribution is -2.27. The minimum absolute atomic E-state index is 0.153. The highest BCUT2D eigenvalue weighted by atomic mass is 16.5. The minimum Gasteiger partial charge on any atom is -0.471 e. The number of nitrogens with one attached hydrogen (secondary N) is 1. The van der Waals surface area contributed by atoms with Crippen molar-refractivity contribution in [2.24, 2.45) is 0 Å². The average Bonchev–Trinajstić information content (AvgIpc) is 3.46. The number of aryl methyl sites for hydroxylation is 2. The summed E-state index contributed by atoms with van der Waals surface area (Å²) in [6.07, 6.45) is 5.74. The van der Waals surface area contributed by atoms with E-state index in [1.165, 1.54) is 5.56 Å². The molecule has 0 spiro atoms. The van der Waals surface area contributed by atoms with Gasteiger partial charge in [0.2, 0.25) is 0 Å². The Bertz CT molecular complexity index is 1180. The monoisotopic (exact) mass is 414 g/mol. The molecule has 4 aromatic rings. The van der Waals surface area contributed by atoms with Crippen LogP contribution in [0, 0.1) is 13.8 Å². The summed E-state index contributed by atoms with van der Waals surface area (Å²) in [6.45, 7) is 6.27. The zero-order chi connectivity index (χ0) is 21.8. The van der Waals surface area contributed by atoms with Crippen molar-refractivity contribution in [2.75, 3.05) is 0 Å². The first-order valence-electron chi connectivity index (χ1n) is 10.3. The molecule has 4 rings (SSSR count). The molecule has 0 fully saturated rings.